The third-order valence-electron chi connectivity index (χ3n) is 3.47. The van der Waals surface area contributed by atoms with Crippen LogP contribution >= 0.6 is 0 Å². The molecule has 0 saturated carbocycles. The van der Waals surface area contributed by atoms with Crippen molar-refractivity contribution in [2.24, 2.45) is 0 Å². The van der Waals surface area contributed by atoms with Gasteiger partial charge in [-0.15, -0.1) is 0 Å². The van der Waals surface area contributed by atoms with Crippen LogP contribution in [0.4, 0.5) is 0 Å². The molecule has 2 N–H and O–H groups in total. The third kappa shape index (κ3) is 2.67. The van der Waals surface area contributed by atoms with Gasteiger partial charge in [0, 0.05) is 19.1 Å². The summed E-state index contributed by atoms with van der Waals surface area (Å²) in [5.41, 5.74) is 1.90. The first-order chi connectivity index (χ1) is 9.58. The van der Waals surface area contributed by atoms with Gasteiger partial charge in [-0.3, -0.25) is 0 Å². The van der Waals surface area contributed by atoms with Gasteiger partial charge < -0.3 is 14.8 Å². The molecule has 0 aliphatic carbocycles. The van der Waals surface area contributed by atoms with Gasteiger partial charge in [-0.1, -0.05) is 6.92 Å². The number of carboxylic acid groups (broad SMARTS) is 1. The Morgan fingerprint density at radius 1 is 1.45 bits per heavy atom. The van der Waals surface area contributed by atoms with Gasteiger partial charge in [0.1, 0.15) is 5.82 Å². The summed E-state index contributed by atoms with van der Waals surface area (Å²) in [5, 5.41) is 18.3. The van der Waals surface area contributed by atoms with Gasteiger partial charge >= 0.3 is 5.97 Å². The number of aromatic nitrogens is 2. The number of benzene rings is 1. The molecule has 1 aromatic heterocycles. The van der Waals surface area contributed by atoms with E-state index >= 15 is 0 Å². The van der Waals surface area contributed by atoms with Crippen LogP contribution in [0, 0.1) is 0 Å². The number of aryl methyl sites for hydroxylation is 1. The van der Waals surface area contributed by atoms with Gasteiger partial charge in [-0.05, 0) is 38.0 Å². The first kappa shape index (κ1) is 14.5. The van der Waals surface area contributed by atoms with E-state index in [0.717, 1.165) is 29.7 Å². The molecule has 1 atom stereocenters. The van der Waals surface area contributed by atoms with Gasteiger partial charge in [-0.25, -0.2) is 9.78 Å². The fourth-order valence-electron chi connectivity index (χ4n) is 2.48. The molecule has 20 heavy (non-hydrogen) atoms. The van der Waals surface area contributed by atoms with Gasteiger partial charge in [0.15, 0.2) is 0 Å². The largest absolute Gasteiger partial charge is 0.478 e. The predicted molar refractivity (Wildman–Crippen MR) is 77.1 cm³/mol. The second-order valence-electron chi connectivity index (χ2n) is 5.02. The standard InChI is InChI=1S/C15H20N2O3/c1-3-4-14-16-12-6-5-11(15(19)20)9-13(12)17(14)10(2)7-8-18/h5-6,9-10,18H,3-4,7-8H2,1-2H3,(H,19,20). The lowest BCUT2D eigenvalue weighted by Gasteiger charge is -2.16. The Balaban J connectivity index is 2.60. The highest BCUT2D eigenvalue weighted by molar-refractivity contribution is 5.92. The number of aliphatic hydroxyl groups excluding tert-OH is 1. The van der Waals surface area contributed by atoms with E-state index in [1.807, 2.05) is 6.92 Å². The van der Waals surface area contributed by atoms with Crippen LogP contribution in [0.25, 0.3) is 11.0 Å². The molecule has 2 rings (SSSR count). The van der Waals surface area contributed by atoms with Gasteiger partial charge in [0.25, 0.3) is 0 Å². The van der Waals surface area contributed by atoms with Gasteiger partial charge in [0.2, 0.25) is 0 Å². The minimum atomic E-state index is -0.938. The number of carbonyl (C=O) groups is 1. The lowest BCUT2D eigenvalue weighted by Crippen LogP contribution is -2.11. The van der Waals surface area contributed by atoms with Crippen molar-refractivity contribution in [1.82, 2.24) is 9.55 Å². The van der Waals surface area contributed by atoms with Crippen molar-refractivity contribution in [1.29, 1.82) is 0 Å². The molecule has 2 aromatic rings. The van der Waals surface area contributed by atoms with Crippen LogP contribution < -0.4 is 0 Å². The number of hydrogen-bond acceptors (Lipinski definition) is 3. The summed E-state index contributed by atoms with van der Waals surface area (Å²) in [6.45, 7) is 4.21. The molecule has 0 aliphatic heterocycles. The highest BCUT2D eigenvalue weighted by Gasteiger charge is 2.16. The quantitative estimate of drug-likeness (QED) is 0.850. The number of carboxylic acids is 1. The number of fused-ring (bicyclic) bond motifs is 1. The summed E-state index contributed by atoms with van der Waals surface area (Å²) in [4.78, 5) is 15.7. The molecule has 108 valence electrons. The zero-order valence-corrected chi connectivity index (χ0v) is 11.8. The Hall–Kier alpha value is -1.88. The van der Waals surface area contributed by atoms with Crippen molar-refractivity contribution in [3.63, 3.8) is 0 Å². The molecule has 0 aliphatic rings. The maximum atomic E-state index is 11.1. The van der Waals surface area contributed by atoms with E-state index in [9.17, 15) is 4.79 Å². The zero-order valence-electron chi connectivity index (χ0n) is 11.8. The molecule has 0 saturated heterocycles. The molecular weight excluding hydrogens is 256 g/mol. The van der Waals surface area contributed by atoms with Gasteiger partial charge in [-0.2, -0.15) is 0 Å². The summed E-state index contributed by atoms with van der Waals surface area (Å²) >= 11 is 0. The smallest absolute Gasteiger partial charge is 0.335 e. The molecule has 1 heterocycles. The van der Waals surface area contributed by atoms with Crippen molar-refractivity contribution in [2.75, 3.05) is 6.61 Å². The number of rotatable bonds is 6. The number of imidazole rings is 1. The van der Waals surface area contributed by atoms with E-state index in [1.165, 1.54) is 0 Å². The summed E-state index contributed by atoms with van der Waals surface area (Å²) in [6, 6.07) is 5.09. The van der Waals surface area contributed by atoms with E-state index in [0.29, 0.717) is 6.42 Å². The molecule has 0 radical (unpaired) electrons. The second-order valence-corrected chi connectivity index (χ2v) is 5.02. The number of nitrogens with zero attached hydrogens (tertiary/aromatic N) is 2. The fourth-order valence-corrected chi connectivity index (χ4v) is 2.48. The normalized spacial score (nSPS) is 12.8. The molecule has 1 aromatic carbocycles. The highest BCUT2D eigenvalue weighted by atomic mass is 16.4. The SMILES string of the molecule is CCCc1nc2ccc(C(=O)O)cc2n1C(C)CCO. The first-order valence-corrected chi connectivity index (χ1v) is 6.93. The highest BCUT2D eigenvalue weighted by Crippen LogP contribution is 2.25. The van der Waals surface area contributed by atoms with Crippen molar-refractivity contribution in [3.05, 3.63) is 29.6 Å². The van der Waals surface area contributed by atoms with Crippen molar-refractivity contribution in [2.45, 2.75) is 39.2 Å². The van der Waals surface area contributed by atoms with E-state index in [2.05, 4.69) is 16.5 Å². The fraction of sp³-hybridized carbons (Fsp3) is 0.467. The topological polar surface area (TPSA) is 75.3 Å². The van der Waals surface area contributed by atoms with Crippen LogP contribution in [-0.4, -0.2) is 32.3 Å². The van der Waals surface area contributed by atoms with Crippen molar-refractivity contribution in [3.8, 4) is 0 Å². The van der Waals surface area contributed by atoms with Gasteiger partial charge in [0.05, 0.1) is 16.6 Å². The Kier molecular flexibility index (Phi) is 4.39. The second kappa shape index (κ2) is 6.05. The molecule has 0 fully saturated rings. The summed E-state index contributed by atoms with van der Waals surface area (Å²) < 4.78 is 2.06. The zero-order chi connectivity index (χ0) is 14.7. The monoisotopic (exact) mass is 276 g/mol. The number of aliphatic hydroxyl groups is 1. The van der Waals surface area contributed by atoms with Crippen molar-refractivity contribution >= 4 is 17.0 Å². The van der Waals surface area contributed by atoms with Crippen LogP contribution in [0.2, 0.25) is 0 Å². The number of hydrogen-bond donors (Lipinski definition) is 2. The maximum Gasteiger partial charge on any atom is 0.335 e. The minimum Gasteiger partial charge on any atom is -0.478 e. The molecule has 0 amide bonds. The van der Waals surface area contributed by atoms with Crippen molar-refractivity contribution < 1.29 is 15.0 Å². The average Bonchev–Trinajstić information content (AvgIpc) is 2.76. The number of aromatic carboxylic acids is 1. The minimum absolute atomic E-state index is 0.0931. The molecule has 1 unspecified atom stereocenters. The molecule has 5 nitrogen and oxygen atoms in total. The van der Waals surface area contributed by atoms with Crippen LogP contribution in [0.3, 0.4) is 0 Å². The Labute approximate surface area is 117 Å². The Morgan fingerprint density at radius 2 is 2.20 bits per heavy atom. The molecule has 0 bridgehead atoms. The lowest BCUT2D eigenvalue weighted by molar-refractivity contribution is 0.0697. The van der Waals surface area contributed by atoms with Crippen LogP contribution in [0.1, 0.15) is 48.9 Å². The van der Waals surface area contributed by atoms with E-state index in [1.54, 1.807) is 18.2 Å². The molecule has 0 spiro atoms. The Bertz CT molecular complexity index is 619. The molecule has 5 heteroatoms. The summed E-state index contributed by atoms with van der Waals surface area (Å²) in [5.74, 6) is 0.0116. The van der Waals surface area contributed by atoms with Crippen LogP contribution in [0.15, 0.2) is 18.2 Å². The van der Waals surface area contributed by atoms with E-state index in [4.69, 9.17) is 10.2 Å². The summed E-state index contributed by atoms with van der Waals surface area (Å²) in [6.07, 6.45) is 2.44. The Morgan fingerprint density at radius 3 is 2.80 bits per heavy atom. The molecular formula is C15H20N2O3. The summed E-state index contributed by atoms with van der Waals surface area (Å²) in [7, 11) is 0. The predicted octanol–water partition coefficient (Wildman–Crippen LogP) is 2.63. The van der Waals surface area contributed by atoms with Crippen LogP contribution in [-0.2, 0) is 6.42 Å². The van der Waals surface area contributed by atoms with E-state index in [-0.39, 0.29) is 18.2 Å². The van der Waals surface area contributed by atoms with Crippen LogP contribution in [0.5, 0.6) is 0 Å². The maximum absolute atomic E-state index is 11.1. The third-order valence-corrected chi connectivity index (χ3v) is 3.47. The lowest BCUT2D eigenvalue weighted by atomic mass is 10.1. The first-order valence-electron chi connectivity index (χ1n) is 6.93. The van der Waals surface area contributed by atoms with E-state index < -0.39 is 5.97 Å². The average molecular weight is 276 g/mol.